The van der Waals surface area contributed by atoms with Gasteiger partial charge in [0, 0.05) is 25.9 Å². The van der Waals surface area contributed by atoms with Crippen molar-refractivity contribution in [2.24, 2.45) is 5.92 Å². The number of hydrogen-bond donors (Lipinski definition) is 1. The van der Waals surface area contributed by atoms with Crippen molar-refractivity contribution < 1.29 is 5.11 Å². The third-order valence-corrected chi connectivity index (χ3v) is 4.34. The molecule has 0 aliphatic carbocycles. The van der Waals surface area contributed by atoms with Crippen molar-refractivity contribution in [2.45, 2.75) is 12.8 Å². The largest absolute Gasteiger partial charge is 0.396 e. The van der Waals surface area contributed by atoms with Gasteiger partial charge in [-0.1, -0.05) is 11.3 Å². The number of aliphatic hydroxyl groups is 1. The van der Waals surface area contributed by atoms with Crippen LogP contribution in [-0.4, -0.2) is 34.8 Å². The molecule has 1 N–H and O–H groups in total. The molecule has 1 saturated heterocycles. The van der Waals surface area contributed by atoms with Crippen molar-refractivity contribution in [3.05, 3.63) is 18.3 Å². The summed E-state index contributed by atoms with van der Waals surface area (Å²) >= 11 is 1.65. The van der Waals surface area contributed by atoms with E-state index in [2.05, 4.69) is 14.9 Å². The molecule has 17 heavy (non-hydrogen) atoms. The zero-order valence-electron chi connectivity index (χ0n) is 9.54. The van der Waals surface area contributed by atoms with E-state index in [-0.39, 0.29) is 0 Å². The molecule has 0 radical (unpaired) electrons. The zero-order valence-corrected chi connectivity index (χ0v) is 10.4. The number of nitrogens with zero attached hydrogens (tertiary/aromatic N) is 3. The number of thiazole rings is 1. The van der Waals surface area contributed by atoms with Gasteiger partial charge in [-0.15, -0.1) is 0 Å². The fourth-order valence-electron chi connectivity index (χ4n) is 2.20. The third-order valence-electron chi connectivity index (χ3n) is 3.30. The van der Waals surface area contributed by atoms with Crippen molar-refractivity contribution in [1.82, 2.24) is 9.97 Å². The molecule has 5 heteroatoms. The van der Waals surface area contributed by atoms with Crippen LogP contribution in [0, 0.1) is 5.92 Å². The Bertz CT molecular complexity index is 472. The Morgan fingerprint density at radius 1 is 1.41 bits per heavy atom. The molecule has 1 fully saturated rings. The molecule has 0 bridgehead atoms. The summed E-state index contributed by atoms with van der Waals surface area (Å²) in [6.45, 7) is 2.30. The van der Waals surface area contributed by atoms with Crippen LogP contribution in [0.1, 0.15) is 12.8 Å². The standard InChI is InChI=1S/C12H15N3OS/c16-8-9-3-6-15(7-4-9)12-14-10-2-1-5-13-11(10)17-12/h1-2,5,9,16H,3-4,6-8H2. The van der Waals surface area contributed by atoms with Gasteiger partial charge >= 0.3 is 0 Å². The first-order valence-corrected chi connectivity index (χ1v) is 6.76. The second-order valence-electron chi connectivity index (χ2n) is 4.44. The summed E-state index contributed by atoms with van der Waals surface area (Å²) in [6.07, 6.45) is 3.92. The minimum absolute atomic E-state index is 0.315. The third kappa shape index (κ3) is 2.12. The molecule has 1 aliphatic heterocycles. The smallest absolute Gasteiger partial charge is 0.187 e. The predicted octanol–water partition coefficient (Wildman–Crippen LogP) is 1.90. The van der Waals surface area contributed by atoms with Gasteiger partial charge < -0.3 is 10.0 Å². The Labute approximate surface area is 104 Å². The van der Waals surface area contributed by atoms with Crippen molar-refractivity contribution in [1.29, 1.82) is 0 Å². The van der Waals surface area contributed by atoms with E-state index in [0.717, 1.165) is 41.4 Å². The van der Waals surface area contributed by atoms with Gasteiger partial charge in [-0.25, -0.2) is 9.97 Å². The Morgan fingerprint density at radius 2 is 2.24 bits per heavy atom. The average Bonchev–Trinajstić information content (AvgIpc) is 2.82. The molecule has 1 aliphatic rings. The van der Waals surface area contributed by atoms with Gasteiger partial charge in [-0.3, -0.25) is 0 Å². The highest BCUT2D eigenvalue weighted by Gasteiger charge is 2.20. The number of aromatic nitrogens is 2. The number of pyridine rings is 1. The molecule has 0 amide bonds. The predicted molar refractivity (Wildman–Crippen MR) is 69.4 cm³/mol. The van der Waals surface area contributed by atoms with Crippen LogP contribution in [0.5, 0.6) is 0 Å². The van der Waals surface area contributed by atoms with Crippen LogP contribution in [0.4, 0.5) is 5.13 Å². The lowest BCUT2D eigenvalue weighted by molar-refractivity contribution is 0.203. The van der Waals surface area contributed by atoms with Crippen LogP contribution in [0.2, 0.25) is 0 Å². The van der Waals surface area contributed by atoms with Gasteiger partial charge in [0.2, 0.25) is 0 Å². The van der Waals surface area contributed by atoms with Crippen LogP contribution in [0.25, 0.3) is 10.3 Å². The Hall–Kier alpha value is -1.20. The zero-order chi connectivity index (χ0) is 11.7. The lowest BCUT2D eigenvalue weighted by atomic mass is 9.98. The Morgan fingerprint density at radius 3 is 2.94 bits per heavy atom. The maximum absolute atomic E-state index is 9.12. The first kappa shape index (κ1) is 10.9. The number of aliphatic hydroxyl groups excluding tert-OH is 1. The highest BCUT2D eigenvalue weighted by Crippen LogP contribution is 2.29. The van der Waals surface area contributed by atoms with E-state index in [1.54, 1.807) is 11.3 Å². The number of anilines is 1. The molecule has 0 atom stereocenters. The minimum atomic E-state index is 0.315. The number of piperidine rings is 1. The van der Waals surface area contributed by atoms with Crippen molar-refractivity contribution >= 4 is 26.8 Å². The fourth-order valence-corrected chi connectivity index (χ4v) is 3.16. The molecule has 0 saturated carbocycles. The summed E-state index contributed by atoms with van der Waals surface area (Å²) in [5.74, 6) is 0.471. The van der Waals surface area contributed by atoms with E-state index in [9.17, 15) is 0 Å². The summed E-state index contributed by atoms with van der Waals surface area (Å²) < 4.78 is 0. The van der Waals surface area contributed by atoms with Gasteiger partial charge in [-0.2, -0.15) is 0 Å². The van der Waals surface area contributed by atoms with Crippen molar-refractivity contribution in [3.63, 3.8) is 0 Å². The highest BCUT2D eigenvalue weighted by atomic mass is 32.1. The maximum Gasteiger partial charge on any atom is 0.187 e. The molecule has 2 aromatic rings. The van der Waals surface area contributed by atoms with Crippen LogP contribution in [0.15, 0.2) is 18.3 Å². The van der Waals surface area contributed by atoms with Crippen LogP contribution in [-0.2, 0) is 0 Å². The monoisotopic (exact) mass is 249 g/mol. The molecule has 0 unspecified atom stereocenters. The van der Waals surface area contributed by atoms with Crippen LogP contribution < -0.4 is 4.90 Å². The summed E-state index contributed by atoms with van der Waals surface area (Å²) in [4.78, 5) is 12.2. The van der Waals surface area contributed by atoms with Gasteiger partial charge in [0.25, 0.3) is 0 Å². The number of rotatable bonds is 2. The molecule has 3 rings (SSSR count). The molecule has 3 heterocycles. The second kappa shape index (κ2) is 4.58. The normalized spacial score (nSPS) is 17.8. The summed E-state index contributed by atoms with van der Waals surface area (Å²) in [5, 5.41) is 10.2. The van der Waals surface area contributed by atoms with E-state index in [0.29, 0.717) is 12.5 Å². The first-order chi connectivity index (χ1) is 8.36. The van der Waals surface area contributed by atoms with Crippen LogP contribution >= 0.6 is 11.3 Å². The number of hydrogen-bond acceptors (Lipinski definition) is 5. The number of fused-ring (bicyclic) bond motifs is 1. The van der Waals surface area contributed by atoms with Crippen molar-refractivity contribution in [2.75, 3.05) is 24.6 Å². The Kier molecular flexibility index (Phi) is 2.94. The molecule has 2 aromatic heterocycles. The fraction of sp³-hybridized carbons (Fsp3) is 0.500. The van der Waals surface area contributed by atoms with E-state index in [1.807, 2.05) is 18.3 Å². The van der Waals surface area contributed by atoms with Gasteiger partial charge in [0.15, 0.2) is 5.13 Å². The Balaban J connectivity index is 1.80. The summed E-state index contributed by atoms with van der Waals surface area (Å²) in [6, 6.07) is 3.92. The summed E-state index contributed by atoms with van der Waals surface area (Å²) in [5.41, 5.74) is 0.983. The molecule has 90 valence electrons. The average molecular weight is 249 g/mol. The van der Waals surface area contributed by atoms with Crippen LogP contribution in [0.3, 0.4) is 0 Å². The van der Waals surface area contributed by atoms with Gasteiger partial charge in [0.05, 0.1) is 0 Å². The lowest BCUT2D eigenvalue weighted by Gasteiger charge is -2.30. The lowest BCUT2D eigenvalue weighted by Crippen LogP contribution is -2.34. The molecule has 4 nitrogen and oxygen atoms in total. The molecule has 0 aromatic carbocycles. The quantitative estimate of drug-likeness (QED) is 0.883. The van der Waals surface area contributed by atoms with Crippen molar-refractivity contribution in [3.8, 4) is 0 Å². The SMILES string of the molecule is OCC1CCN(c2nc3cccnc3s2)CC1. The topological polar surface area (TPSA) is 49.2 Å². The van der Waals surface area contributed by atoms with Gasteiger partial charge in [-0.05, 0) is 30.9 Å². The van der Waals surface area contributed by atoms with E-state index in [1.165, 1.54) is 0 Å². The van der Waals surface area contributed by atoms with E-state index < -0.39 is 0 Å². The second-order valence-corrected chi connectivity index (χ2v) is 5.39. The molecule has 0 spiro atoms. The first-order valence-electron chi connectivity index (χ1n) is 5.94. The minimum Gasteiger partial charge on any atom is -0.396 e. The summed E-state index contributed by atoms with van der Waals surface area (Å²) in [7, 11) is 0. The van der Waals surface area contributed by atoms with E-state index in [4.69, 9.17) is 5.11 Å². The highest BCUT2D eigenvalue weighted by molar-refractivity contribution is 7.21. The molecular weight excluding hydrogens is 234 g/mol. The van der Waals surface area contributed by atoms with Gasteiger partial charge in [0.1, 0.15) is 10.3 Å². The van der Waals surface area contributed by atoms with E-state index >= 15 is 0 Å². The maximum atomic E-state index is 9.12. The molecular formula is C12H15N3OS.